The van der Waals surface area contributed by atoms with Crippen molar-refractivity contribution in [1.29, 1.82) is 0 Å². The maximum absolute atomic E-state index is 10.8. The van der Waals surface area contributed by atoms with Crippen molar-refractivity contribution in [2.24, 2.45) is 11.5 Å². The number of carboxylic acids is 2. The van der Waals surface area contributed by atoms with Crippen LogP contribution in [-0.2, 0) is 14.3 Å². The zero-order chi connectivity index (χ0) is 11.2. The zero-order valence-corrected chi connectivity index (χ0v) is 7.60. The Morgan fingerprint density at radius 1 is 1.14 bits per heavy atom. The van der Waals surface area contributed by atoms with Crippen LogP contribution in [-0.4, -0.2) is 47.4 Å². The summed E-state index contributed by atoms with van der Waals surface area (Å²) in [7, 11) is 0. The first-order valence-corrected chi connectivity index (χ1v) is 4.02. The molecule has 14 heavy (non-hydrogen) atoms. The predicted octanol–water partition coefficient (Wildman–Crippen LogP) is -1.78. The van der Waals surface area contributed by atoms with Gasteiger partial charge in [0.25, 0.3) is 5.60 Å². The Bertz CT molecular complexity index is 204. The van der Waals surface area contributed by atoms with Crippen LogP contribution in [0.25, 0.3) is 0 Å². The van der Waals surface area contributed by atoms with Gasteiger partial charge in [0.2, 0.25) is 0 Å². The van der Waals surface area contributed by atoms with Gasteiger partial charge in [0.1, 0.15) is 0 Å². The minimum atomic E-state index is -2.27. The number of ether oxygens (including phenoxy) is 1. The Kier molecular flexibility index (Phi) is 5.06. The van der Waals surface area contributed by atoms with Gasteiger partial charge in [-0.05, 0) is 6.54 Å². The maximum Gasteiger partial charge on any atom is 0.347 e. The van der Waals surface area contributed by atoms with Crippen LogP contribution < -0.4 is 11.5 Å². The number of nitrogens with two attached hydrogens (primary N) is 2. The summed E-state index contributed by atoms with van der Waals surface area (Å²) in [5.41, 5.74) is 7.94. The molecule has 0 aromatic heterocycles. The van der Waals surface area contributed by atoms with E-state index in [2.05, 4.69) is 0 Å². The Morgan fingerprint density at radius 2 is 1.64 bits per heavy atom. The zero-order valence-electron chi connectivity index (χ0n) is 7.60. The lowest BCUT2D eigenvalue weighted by molar-refractivity contribution is -0.183. The highest BCUT2D eigenvalue weighted by Crippen LogP contribution is 2.16. The molecule has 0 saturated carbocycles. The average molecular weight is 206 g/mol. The highest BCUT2D eigenvalue weighted by atomic mass is 16.6. The lowest BCUT2D eigenvalue weighted by atomic mass is 10.00. The summed E-state index contributed by atoms with van der Waals surface area (Å²) >= 11 is 0. The quantitative estimate of drug-likeness (QED) is 0.361. The van der Waals surface area contributed by atoms with Gasteiger partial charge in [0.15, 0.2) is 0 Å². The molecule has 0 radical (unpaired) electrons. The number of rotatable bonds is 7. The van der Waals surface area contributed by atoms with E-state index in [1.807, 2.05) is 0 Å². The molecule has 7 heteroatoms. The topological polar surface area (TPSA) is 136 Å². The minimum absolute atomic E-state index is 0.0485. The van der Waals surface area contributed by atoms with E-state index in [-0.39, 0.29) is 26.1 Å². The third-order valence-electron chi connectivity index (χ3n) is 1.65. The summed E-state index contributed by atoms with van der Waals surface area (Å²) < 4.78 is 4.74. The fourth-order valence-electron chi connectivity index (χ4n) is 0.937. The Hall–Kier alpha value is -1.18. The molecule has 0 saturated heterocycles. The van der Waals surface area contributed by atoms with Crippen LogP contribution in [0.3, 0.4) is 0 Å². The number of carboxylic acid groups (broad SMARTS) is 2. The number of aliphatic carboxylic acids is 2. The van der Waals surface area contributed by atoms with Crippen LogP contribution in [0.1, 0.15) is 6.42 Å². The fourth-order valence-corrected chi connectivity index (χ4v) is 0.937. The summed E-state index contributed by atoms with van der Waals surface area (Å²) in [6.07, 6.45) is -0.294. The number of hydrogen-bond donors (Lipinski definition) is 4. The first kappa shape index (κ1) is 12.8. The van der Waals surface area contributed by atoms with Gasteiger partial charge in [-0.3, -0.25) is 0 Å². The van der Waals surface area contributed by atoms with E-state index in [0.29, 0.717) is 0 Å². The molecule has 0 aliphatic carbocycles. The van der Waals surface area contributed by atoms with Gasteiger partial charge in [-0.25, -0.2) is 9.59 Å². The Morgan fingerprint density at radius 3 is 1.93 bits per heavy atom. The largest absolute Gasteiger partial charge is 0.479 e. The van der Waals surface area contributed by atoms with Crippen LogP contribution in [0.4, 0.5) is 0 Å². The smallest absolute Gasteiger partial charge is 0.347 e. The van der Waals surface area contributed by atoms with Gasteiger partial charge < -0.3 is 26.4 Å². The fraction of sp³-hybridized carbons (Fsp3) is 0.714. The average Bonchev–Trinajstić information content (AvgIpc) is 2.11. The number of hydrogen-bond acceptors (Lipinski definition) is 5. The molecule has 0 fully saturated rings. The molecule has 0 bridgehead atoms. The monoisotopic (exact) mass is 206 g/mol. The second kappa shape index (κ2) is 5.53. The van der Waals surface area contributed by atoms with Gasteiger partial charge >= 0.3 is 11.9 Å². The normalized spacial score (nSPS) is 11.3. The summed E-state index contributed by atoms with van der Waals surface area (Å²) in [6.45, 7) is -0.186. The third-order valence-corrected chi connectivity index (χ3v) is 1.65. The Balaban J connectivity index is 4.75. The van der Waals surface area contributed by atoms with Gasteiger partial charge in [-0.1, -0.05) is 0 Å². The lowest BCUT2D eigenvalue weighted by Gasteiger charge is -2.24. The van der Waals surface area contributed by atoms with E-state index in [0.717, 1.165) is 0 Å². The molecule has 0 aliphatic rings. The first-order chi connectivity index (χ1) is 6.51. The second-order valence-corrected chi connectivity index (χ2v) is 2.61. The van der Waals surface area contributed by atoms with Crippen molar-refractivity contribution in [3.63, 3.8) is 0 Å². The summed E-state index contributed by atoms with van der Waals surface area (Å²) in [5, 5.41) is 17.5. The molecule has 82 valence electrons. The van der Waals surface area contributed by atoms with E-state index in [1.54, 1.807) is 0 Å². The summed E-state index contributed by atoms with van der Waals surface area (Å²) in [4.78, 5) is 21.5. The van der Waals surface area contributed by atoms with Crippen molar-refractivity contribution in [3.8, 4) is 0 Å². The number of carbonyl (C=O) groups is 2. The molecule has 6 N–H and O–H groups in total. The molecule has 0 spiro atoms. The minimum Gasteiger partial charge on any atom is -0.479 e. The molecule has 0 aromatic carbocycles. The Labute approximate surface area is 80.6 Å². The van der Waals surface area contributed by atoms with Gasteiger partial charge in [-0.15, -0.1) is 0 Å². The highest BCUT2D eigenvalue weighted by Gasteiger charge is 2.47. The van der Waals surface area contributed by atoms with Crippen LogP contribution >= 0.6 is 0 Å². The van der Waals surface area contributed by atoms with E-state index in [9.17, 15) is 9.59 Å². The summed E-state index contributed by atoms with van der Waals surface area (Å²) in [6, 6.07) is 0. The maximum atomic E-state index is 10.8. The van der Waals surface area contributed by atoms with Crippen LogP contribution in [0.5, 0.6) is 0 Å². The van der Waals surface area contributed by atoms with Crippen molar-refractivity contribution >= 4 is 11.9 Å². The van der Waals surface area contributed by atoms with Crippen LogP contribution in [0.15, 0.2) is 0 Å². The molecule has 0 atom stereocenters. The molecular weight excluding hydrogens is 192 g/mol. The molecular formula is C7H14N2O5. The van der Waals surface area contributed by atoms with Crippen molar-refractivity contribution in [2.45, 2.75) is 12.0 Å². The standard InChI is InChI=1S/C7H14N2O5/c8-2-1-7(5(10)11,6(12)13)14-4-3-9/h1-4,8-9H2,(H,10,11)(H,12,13). The summed E-state index contributed by atoms with van der Waals surface area (Å²) in [5.74, 6) is -3.13. The molecule has 0 unspecified atom stereocenters. The van der Waals surface area contributed by atoms with Crippen LogP contribution in [0, 0.1) is 0 Å². The molecule has 0 amide bonds. The van der Waals surface area contributed by atoms with Crippen molar-refractivity contribution < 1.29 is 24.5 Å². The van der Waals surface area contributed by atoms with Crippen molar-refractivity contribution in [1.82, 2.24) is 0 Å². The highest BCUT2D eigenvalue weighted by molar-refractivity contribution is 6.01. The molecule has 0 aliphatic heterocycles. The van der Waals surface area contributed by atoms with Gasteiger partial charge in [-0.2, -0.15) is 0 Å². The SMILES string of the molecule is NCCOC(CCN)(C(=O)O)C(=O)O. The first-order valence-electron chi connectivity index (χ1n) is 4.02. The lowest BCUT2D eigenvalue weighted by Crippen LogP contribution is -2.51. The second-order valence-electron chi connectivity index (χ2n) is 2.61. The third kappa shape index (κ3) is 2.66. The van der Waals surface area contributed by atoms with Crippen molar-refractivity contribution in [3.05, 3.63) is 0 Å². The van der Waals surface area contributed by atoms with Crippen molar-refractivity contribution in [2.75, 3.05) is 19.7 Å². The predicted molar refractivity (Wildman–Crippen MR) is 46.7 cm³/mol. The molecule has 0 aromatic rings. The molecule has 7 nitrogen and oxygen atoms in total. The van der Waals surface area contributed by atoms with E-state index in [4.69, 9.17) is 26.4 Å². The van der Waals surface area contributed by atoms with Crippen LogP contribution in [0.2, 0.25) is 0 Å². The van der Waals surface area contributed by atoms with E-state index in [1.165, 1.54) is 0 Å². The van der Waals surface area contributed by atoms with Gasteiger partial charge in [0.05, 0.1) is 6.61 Å². The molecule has 0 rings (SSSR count). The molecule has 0 heterocycles. The van der Waals surface area contributed by atoms with E-state index >= 15 is 0 Å². The van der Waals surface area contributed by atoms with Gasteiger partial charge in [0, 0.05) is 13.0 Å². The van der Waals surface area contributed by atoms with E-state index < -0.39 is 17.5 Å².